The summed E-state index contributed by atoms with van der Waals surface area (Å²) in [6.07, 6.45) is -2.46. The molecule has 1 aromatic heterocycles. The molecule has 2 amide bonds. The molecule has 2 heterocycles. The lowest BCUT2D eigenvalue weighted by molar-refractivity contribution is -0.137. The fourth-order valence-corrected chi connectivity index (χ4v) is 3.34. The van der Waals surface area contributed by atoms with Crippen molar-refractivity contribution in [3.05, 3.63) is 53.7 Å². The third kappa shape index (κ3) is 5.08. The zero-order chi connectivity index (χ0) is 21.9. The van der Waals surface area contributed by atoms with Gasteiger partial charge in [-0.2, -0.15) is 13.2 Å². The summed E-state index contributed by atoms with van der Waals surface area (Å²) in [7, 11) is 3.32. The smallest absolute Gasteiger partial charge is 0.357 e. The van der Waals surface area contributed by atoms with Crippen molar-refractivity contribution in [3.63, 3.8) is 0 Å². The van der Waals surface area contributed by atoms with Gasteiger partial charge in [0.15, 0.2) is 0 Å². The summed E-state index contributed by atoms with van der Waals surface area (Å²) in [6.45, 7) is 1.05. The first kappa shape index (κ1) is 21.6. The maximum atomic E-state index is 12.7. The molecular formula is C21H23F3N4O2. The van der Waals surface area contributed by atoms with Crippen LogP contribution >= 0.6 is 0 Å². The number of rotatable bonds is 4. The van der Waals surface area contributed by atoms with Crippen LogP contribution in [0.5, 0.6) is 0 Å². The monoisotopic (exact) mass is 420 g/mol. The van der Waals surface area contributed by atoms with Gasteiger partial charge in [0.1, 0.15) is 5.82 Å². The van der Waals surface area contributed by atoms with Gasteiger partial charge in [0.25, 0.3) is 5.91 Å². The van der Waals surface area contributed by atoms with E-state index in [4.69, 9.17) is 0 Å². The van der Waals surface area contributed by atoms with Gasteiger partial charge < -0.3 is 15.1 Å². The third-order valence-corrected chi connectivity index (χ3v) is 5.05. The second-order valence-corrected chi connectivity index (χ2v) is 7.43. The van der Waals surface area contributed by atoms with Gasteiger partial charge in [-0.15, -0.1) is 0 Å². The Morgan fingerprint density at radius 1 is 1.13 bits per heavy atom. The fraction of sp³-hybridized carbons (Fsp3) is 0.381. The Hall–Kier alpha value is -3.10. The van der Waals surface area contributed by atoms with Crippen molar-refractivity contribution < 1.29 is 22.8 Å². The van der Waals surface area contributed by atoms with E-state index in [9.17, 15) is 22.8 Å². The van der Waals surface area contributed by atoms with Crippen LogP contribution in [-0.4, -0.2) is 48.9 Å². The van der Waals surface area contributed by atoms with Crippen LogP contribution < -0.4 is 10.2 Å². The van der Waals surface area contributed by atoms with E-state index in [-0.39, 0.29) is 17.7 Å². The summed E-state index contributed by atoms with van der Waals surface area (Å²) in [5, 5.41) is 2.86. The quantitative estimate of drug-likeness (QED) is 0.820. The molecule has 1 fully saturated rings. The van der Waals surface area contributed by atoms with Gasteiger partial charge in [0, 0.05) is 50.6 Å². The summed E-state index contributed by atoms with van der Waals surface area (Å²) in [4.78, 5) is 31.9. The molecule has 0 bridgehead atoms. The highest BCUT2D eigenvalue weighted by Gasteiger charge is 2.31. The average molecular weight is 420 g/mol. The van der Waals surface area contributed by atoms with E-state index >= 15 is 0 Å². The lowest BCUT2D eigenvalue weighted by Gasteiger charge is -2.32. The van der Waals surface area contributed by atoms with Gasteiger partial charge in [-0.05, 0) is 43.2 Å². The highest BCUT2D eigenvalue weighted by atomic mass is 19.4. The highest BCUT2D eigenvalue weighted by molar-refractivity contribution is 5.97. The second-order valence-electron chi connectivity index (χ2n) is 7.43. The minimum absolute atomic E-state index is 0.135. The molecule has 0 spiro atoms. The fourth-order valence-electron chi connectivity index (χ4n) is 3.34. The maximum Gasteiger partial charge on any atom is 0.417 e. The molecular weight excluding hydrogens is 397 g/mol. The average Bonchev–Trinajstić information content (AvgIpc) is 2.73. The zero-order valence-corrected chi connectivity index (χ0v) is 16.7. The van der Waals surface area contributed by atoms with Crippen molar-refractivity contribution in [1.82, 2.24) is 9.88 Å². The van der Waals surface area contributed by atoms with E-state index in [2.05, 4.69) is 10.3 Å². The molecule has 0 radical (unpaired) electrons. The highest BCUT2D eigenvalue weighted by Crippen LogP contribution is 2.30. The molecule has 1 aliphatic rings. The lowest BCUT2D eigenvalue weighted by atomic mass is 9.95. The number of carbonyl (C=O) groups excluding carboxylic acids is 2. The number of hydrogen-bond donors (Lipinski definition) is 1. The summed E-state index contributed by atoms with van der Waals surface area (Å²) in [6, 6.07) is 9.14. The molecule has 0 aliphatic carbocycles. The zero-order valence-electron chi connectivity index (χ0n) is 16.7. The van der Waals surface area contributed by atoms with Crippen molar-refractivity contribution in [2.75, 3.05) is 37.4 Å². The molecule has 0 saturated carbocycles. The second kappa shape index (κ2) is 8.73. The van der Waals surface area contributed by atoms with Crippen LogP contribution in [0.1, 0.15) is 28.8 Å². The van der Waals surface area contributed by atoms with Crippen molar-refractivity contribution >= 4 is 23.3 Å². The summed E-state index contributed by atoms with van der Waals surface area (Å²) in [5.41, 5.74) is 0.260. The Morgan fingerprint density at radius 2 is 1.83 bits per heavy atom. The Bertz CT molecular complexity index is 905. The topological polar surface area (TPSA) is 65.5 Å². The standard InChI is InChI=1S/C21H23F3N4O2/c1-27(2)20(30)15-4-3-5-17(12-15)26-19(29)14-8-10-28(11-9-14)18-7-6-16(13-25-18)21(22,23)24/h3-7,12-14H,8-11H2,1-2H3,(H,26,29). The predicted molar refractivity (Wildman–Crippen MR) is 107 cm³/mol. The first-order valence-electron chi connectivity index (χ1n) is 9.56. The van der Waals surface area contributed by atoms with Crippen LogP contribution in [0.25, 0.3) is 0 Å². The van der Waals surface area contributed by atoms with Crippen LogP contribution in [-0.2, 0) is 11.0 Å². The van der Waals surface area contributed by atoms with Gasteiger partial charge in [0.05, 0.1) is 5.56 Å². The van der Waals surface area contributed by atoms with Crippen LogP contribution in [0.3, 0.4) is 0 Å². The largest absolute Gasteiger partial charge is 0.417 e. The number of pyridine rings is 1. The molecule has 0 atom stereocenters. The number of nitrogens with one attached hydrogen (secondary N) is 1. The number of nitrogens with zero attached hydrogens (tertiary/aromatic N) is 3. The SMILES string of the molecule is CN(C)C(=O)c1cccc(NC(=O)C2CCN(c3ccc(C(F)(F)F)cn3)CC2)c1. The molecule has 1 saturated heterocycles. The molecule has 2 aromatic rings. The van der Waals surface area contributed by atoms with E-state index in [0.29, 0.717) is 43.0 Å². The van der Waals surface area contributed by atoms with Crippen molar-refractivity contribution in [2.24, 2.45) is 5.92 Å². The summed E-state index contributed by atoms with van der Waals surface area (Å²) < 4.78 is 38.0. The van der Waals surface area contributed by atoms with Gasteiger partial charge in [-0.3, -0.25) is 9.59 Å². The van der Waals surface area contributed by atoms with E-state index < -0.39 is 11.7 Å². The van der Waals surface area contributed by atoms with Crippen LogP contribution in [0.4, 0.5) is 24.7 Å². The van der Waals surface area contributed by atoms with Crippen molar-refractivity contribution in [1.29, 1.82) is 0 Å². The molecule has 1 aliphatic heterocycles. The molecule has 9 heteroatoms. The number of anilines is 2. The van der Waals surface area contributed by atoms with E-state index in [1.807, 2.05) is 4.90 Å². The minimum Gasteiger partial charge on any atom is -0.357 e. The number of aromatic nitrogens is 1. The van der Waals surface area contributed by atoms with Crippen LogP contribution in [0.15, 0.2) is 42.6 Å². The van der Waals surface area contributed by atoms with Gasteiger partial charge in [-0.25, -0.2) is 4.98 Å². The normalized spacial score (nSPS) is 15.0. The van der Waals surface area contributed by atoms with Crippen molar-refractivity contribution in [3.8, 4) is 0 Å². The number of halogens is 3. The Balaban J connectivity index is 1.57. The van der Waals surface area contributed by atoms with Crippen LogP contribution in [0, 0.1) is 5.92 Å². The maximum absolute atomic E-state index is 12.7. The molecule has 3 rings (SSSR count). The molecule has 30 heavy (non-hydrogen) atoms. The Kier molecular flexibility index (Phi) is 6.28. The molecule has 0 unspecified atom stereocenters. The number of benzene rings is 1. The molecule has 6 nitrogen and oxygen atoms in total. The molecule has 160 valence electrons. The minimum atomic E-state index is -4.41. The van der Waals surface area contributed by atoms with Gasteiger partial charge in [-0.1, -0.05) is 6.07 Å². The van der Waals surface area contributed by atoms with Crippen molar-refractivity contribution in [2.45, 2.75) is 19.0 Å². The lowest BCUT2D eigenvalue weighted by Crippen LogP contribution is -2.38. The van der Waals surface area contributed by atoms with E-state index in [0.717, 1.165) is 12.3 Å². The number of hydrogen-bond acceptors (Lipinski definition) is 4. The summed E-state index contributed by atoms with van der Waals surface area (Å²) >= 11 is 0. The Labute approximate surface area is 172 Å². The van der Waals surface area contributed by atoms with Crippen LogP contribution in [0.2, 0.25) is 0 Å². The van der Waals surface area contributed by atoms with Gasteiger partial charge >= 0.3 is 6.18 Å². The number of alkyl halides is 3. The summed E-state index contributed by atoms with van der Waals surface area (Å²) in [5.74, 6) is -0.0337. The molecule has 1 aromatic carbocycles. The Morgan fingerprint density at radius 3 is 2.40 bits per heavy atom. The molecule has 1 N–H and O–H groups in total. The first-order valence-corrected chi connectivity index (χ1v) is 9.56. The first-order chi connectivity index (χ1) is 14.1. The van der Waals surface area contributed by atoms with E-state index in [1.165, 1.54) is 11.0 Å². The third-order valence-electron chi connectivity index (χ3n) is 5.05. The number of carbonyl (C=O) groups is 2. The predicted octanol–water partition coefficient (Wildman–Crippen LogP) is 3.66. The van der Waals surface area contributed by atoms with Gasteiger partial charge in [0.2, 0.25) is 5.91 Å². The number of piperidine rings is 1. The van der Waals surface area contributed by atoms with E-state index in [1.54, 1.807) is 38.4 Å². The number of amides is 2.